The summed E-state index contributed by atoms with van der Waals surface area (Å²) in [4.78, 5) is 41.5. The summed E-state index contributed by atoms with van der Waals surface area (Å²) in [7, 11) is -3.34. The molecule has 244 valence electrons. The van der Waals surface area contributed by atoms with Crippen molar-refractivity contribution in [3.8, 4) is 0 Å². The fourth-order valence-corrected chi connectivity index (χ4v) is 10.2. The average molecular weight is 715 g/mol. The van der Waals surface area contributed by atoms with Gasteiger partial charge in [-0.3, -0.25) is 24.0 Å². The van der Waals surface area contributed by atoms with Gasteiger partial charge in [-0.05, 0) is 55.4 Å². The number of anilines is 2. The summed E-state index contributed by atoms with van der Waals surface area (Å²) in [5.74, 6) is -1.27. The number of carbonyl (C=O) groups excluding carboxylic acids is 3. The van der Waals surface area contributed by atoms with E-state index in [9.17, 15) is 19.5 Å². The molecule has 1 aromatic heterocycles. The Morgan fingerprint density at radius 2 is 1.96 bits per heavy atom. The van der Waals surface area contributed by atoms with E-state index in [1.54, 1.807) is 41.0 Å². The van der Waals surface area contributed by atoms with Gasteiger partial charge >= 0.3 is 5.97 Å². The molecule has 6 rings (SSSR count). The first-order valence-electron chi connectivity index (χ1n) is 15.4. The molecule has 2 amide bonds. The number of benzene rings is 2. The monoisotopic (exact) mass is 713 g/mol. The lowest BCUT2D eigenvalue weighted by molar-refractivity contribution is -0.154. The zero-order valence-corrected chi connectivity index (χ0v) is 28.7. The van der Waals surface area contributed by atoms with Gasteiger partial charge in [0.25, 0.3) is 5.91 Å². The number of esters is 1. The molecule has 4 heterocycles. The highest BCUT2D eigenvalue weighted by atomic mass is 79.9. The Morgan fingerprint density at radius 1 is 1.22 bits per heavy atom. The Bertz CT molecular complexity index is 1670. The number of aryl methyl sites for hydroxylation is 1. The molecule has 0 bridgehead atoms. The third-order valence-corrected chi connectivity index (χ3v) is 12.2. The number of fused-ring (bicyclic) bond motifs is 2. The molecular weight excluding hydrogens is 677 g/mol. The maximum atomic E-state index is 16.2. The van der Waals surface area contributed by atoms with E-state index in [0.29, 0.717) is 42.0 Å². The number of aliphatic hydroxyl groups excluding tert-OH is 1. The van der Waals surface area contributed by atoms with Crippen molar-refractivity contribution in [3.05, 3.63) is 70.0 Å². The van der Waals surface area contributed by atoms with Crippen LogP contribution in [-0.4, -0.2) is 65.2 Å². The van der Waals surface area contributed by atoms with Gasteiger partial charge in [-0.25, -0.2) is 0 Å². The predicted octanol–water partition coefficient (Wildman–Crippen LogP) is 4.61. The van der Waals surface area contributed by atoms with E-state index in [-0.39, 0.29) is 31.4 Å². The first-order valence-corrected chi connectivity index (χ1v) is 19.1. The van der Waals surface area contributed by atoms with E-state index >= 15 is 4.11 Å². The van der Waals surface area contributed by atoms with Gasteiger partial charge in [-0.1, -0.05) is 40.2 Å². The minimum atomic E-state index is -3.34. The van der Waals surface area contributed by atoms with E-state index in [0.717, 1.165) is 10.0 Å². The third-order valence-electron chi connectivity index (χ3n) is 9.28. The number of carbonyl (C=O) groups is 3. The van der Waals surface area contributed by atoms with Crippen LogP contribution < -0.4 is 9.80 Å². The molecule has 46 heavy (non-hydrogen) atoms. The highest BCUT2D eigenvalue weighted by Gasteiger charge is 2.66. The van der Waals surface area contributed by atoms with E-state index in [1.807, 2.05) is 37.3 Å². The lowest BCUT2D eigenvalue weighted by Gasteiger charge is -2.39. The van der Waals surface area contributed by atoms with Gasteiger partial charge in [-0.2, -0.15) is 0 Å². The SMILES string of the molecule is CC(=O)OC1CC(=O)N1c1ccc(CN2C(=O)[C@@]3(O[C@@H](CCn4cc(CCO)nn4)[C@H]([Si](C)(C)F)[C@H]3C)c3cc(Br)ccc32)cc1. The van der Waals surface area contributed by atoms with Gasteiger partial charge in [0, 0.05) is 59.9 Å². The van der Waals surface area contributed by atoms with Gasteiger partial charge in [0.15, 0.2) is 11.8 Å². The van der Waals surface area contributed by atoms with Crippen molar-refractivity contribution < 1.29 is 33.1 Å². The second kappa shape index (κ2) is 12.3. The Kier molecular flexibility index (Phi) is 8.67. The number of hydrogen-bond donors (Lipinski definition) is 1. The molecule has 0 radical (unpaired) electrons. The van der Waals surface area contributed by atoms with Crippen molar-refractivity contribution in [2.75, 3.05) is 16.4 Å². The van der Waals surface area contributed by atoms with Gasteiger partial charge < -0.3 is 23.6 Å². The maximum Gasteiger partial charge on any atom is 0.304 e. The molecule has 3 aliphatic heterocycles. The largest absolute Gasteiger partial charge is 0.441 e. The first-order chi connectivity index (χ1) is 21.8. The topological polar surface area (TPSA) is 127 Å². The van der Waals surface area contributed by atoms with Crippen molar-refractivity contribution >= 4 is 53.5 Å². The minimum absolute atomic E-state index is 0.0272. The lowest BCUT2D eigenvalue weighted by Crippen LogP contribution is -2.54. The summed E-state index contributed by atoms with van der Waals surface area (Å²) in [6.45, 7) is 7.23. The Balaban J connectivity index is 1.28. The van der Waals surface area contributed by atoms with Crippen molar-refractivity contribution in [3.63, 3.8) is 0 Å². The molecule has 11 nitrogen and oxygen atoms in total. The highest BCUT2D eigenvalue weighted by molar-refractivity contribution is 9.10. The Hall–Kier alpha value is -3.46. The first kappa shape index (κ1) is 32.5. The molecule has 1 spiro atoms. The van der Waals surface area contributed by atoms with Crippen LogP contribution in [0.15, 0.2) is 53.1 Å². The standard InChI is InChI=1S/C32H37BrFN5O6Si/c1-19-30(46(3,4)34)27(11-13-37-18-23(12-14-40)35-36-37)45-32(19)25-15-22(33)7-10-26(25)38(31(32)43)17-21-5-8-24(9-6-21)39-28(42)16-29(39)44-20(2)41/h5-10,15,18-19,27,29-30,40H,11-14,16-17H2,1-4H3/t19-,27+,29?,30-,32+/m1/s1. The molecule has 5 atom stereocenters. The molecule has 14 heteroatoms. The van der Waals surface area contributed by atoms with E-state index in [4.69, 9.17) is 9.47 Å². The zero-order chi connectivity index (χ0) is 33.0. The van der Waals surface area contributed by atoms with E-state index in [1.165, 1.54) is 11.8 Å². The number of halogens is 2. The molecule has 1 unspecified atom stereocenters. The normalized spacial score (nSPS) is 25.7. The van der Waals surface area contributed by atoms with Gasteiger partial charge in [0.05, 0.1) is 30.5 Å². The van der Waals surface area contributed by atoms with E-state index < -0.39 is 43.8 Å². The Morgan fingerprint density at radius 3 is 2.61 bits per heavy atom. The molecular formula is C32H37BrFN5O6Si. The van der Waals surface area contributed by atoms with Crippen LogP contribution in [0.2, 0.25) is 18.6 Å². The van der Waals surface area contributed by atoms with Gasteiger partial charge in [0.1, 0.15) is 0 Å². The molecule has 2 saturated heterocycles. The number of amides is 2. The number of nitrogens with zero attached hydrogens (tertiary/aromatic N) is 5. The zero-order valence-electron chi connectivity index (χ0n) is 26.2. The molecule has 1 N–H and O–H groups in total. The summed E-state index contributed by atoms with van der Waals surface area (Å²) in [6.07, 6.45) is 1.60. The molecule has 0 saturated carbocycles. The smallest absolute Gasteiger partial charge is 0.304 e. The van der Waals surface area contributed by atoms with E-state index in [2.05, 4.69) is 26.2 Å². The molecule has 3 aromatic rings. The second-order valence-electron chi connectivity index (χ2n) is 12.8. The number of β-lactam (4-membered cyclic amide) rings is 1. The number of hydrogen-bond acceptors (Lipinski definition) is 8. The fraction of sp³-hybridized carbons (Fsp3) is 0.469. The van der Waals surface area contributed by atoms with Crippen molar-refractivity contribution in [1.29, 1.82) is 0 Å². The maximum absolute atomic E-state index is 16.2. The summed E-state index contributed by atoms with van der Waals surface area (Å²) in [5, 5.41) is 17.5. The van der Waals surface area contributed by atoms with Crippen LogP contribution >= 0.6 is 15.9 Å². The fourth-order valence-electron chi connectivity index (χ4n) is 7.31. The third kappa shape index (κ3) is 5.69. The van der Waals surface area contributed by atoms with Crippen LogP contribution in [0, 0.1) is 5.92 Å². The molecule has 2 fully saturated rings. The lowest BCUT2D eigenvalue weighted by atomic mass is 9.82. The van der Waals surface area contributed by atoms with Crippen LogP contribution in [0.3, 0.4) is 0 Å². The quantitative estimate of drug-likeness (QED) is 0.140. The molecule has 3 aliphatic rings. The Labute approximate surface area is 276 Å². The number of aromatic nitrogens is 3. The second-order valence-corrected chi connectivity index (χ2v) is 17.5. The van der Waals surface area contributed by atoms with Crippen LogP contribution in [0.5, 0.6) is 0 Å². The number of ether oxygens (including phenoxy) is 2. The summed E-state index contributed by atoms with van der Waals surface area (Å²) < 4.78 is 30.7. The van der Waals surface area contributed by atoms with Crippen molar-refractivity contribution in [2.45, 2.75) is 82.8 Å². The van der Waals surface area contributed by atoms with Crippen molar-refractivity contribution in [1.82, 2.24) is 15.0 Å². The van der Waals surface area contributed by atoms with Crippen molar-refractivity contribution in [2.24, 2.45) is 5.92 Å². The van der Waals surface area contributed by atoms with Crippen LogP contribution in [0.4, 0.5) is 15.5 Å². The summed E-state index contributed by atoms with van der Waals surface area (Å²) in [6, 6.07) is 12.9. The van der Waals surface area contributed by atoms with Crippen LogP contribution in [-0.2, 0) is 49.0 Å². The molecule has 0 aliphatic carbocycles. The summed E-state index contributed by atoms with van der Waals surface area (Å²) in [5.41, 5.74) is 1.69. The number of rotatable bonds is 10. The minimum Gasteiger partial charge on any atom is -0.441 e. The van der Waals surface area contributed by atoms with Crippen LogP contribution in [0.1, 0.15) is 43.5 Å². The highest BCUT2D eigenvalue weighted by Crippen LogP contribution is 2.60. The predicted molar refractivity (Wildman–Crippen MR) is 173 cm³/mol. The number of aliphatic hydroxyl groups is 1. The molecule has 2 aromatic carbocycles. The van der Waals surface area contributed by atoms with Gasteiger partial charge in [0.2, 0.25) is 14.3 Å². The van der Waals surface area contributed by atoms with Crippen LogP contribution in [0.25, 0.3) is 0 Å². The summed E-state index contributed by atoms with van der Waals surface area (Å²) >= 11 is 3.58. The average Bonchev–Trinajstić information content (AvgIpc) is 3.62. The van der Waals surface area contributed by atoms with Gasteiger partial charge in [-0.15, -0.1) is 5.10 Å².